The number of hydrogen-bond acceptors (Lipinski definition) is 6. The number of hydrazine groups is 1. The van der Waals surface area contributed by atoms with Gasteiger partial charge < -0.3 is 24.9 Å². The van der Waals surface area contributed by atoms with Gasteiger partial charge in [0.1, 0.15) is 5.82 Å². The third-order valence-corrected chi connectivity index (χ3v) is 7.82. The Morgan fingerprint density at radius 1 is 1.11 bits per heavy atom. The zero-order valence-electron chi connectivity index (χ0n) is 22.4. The number of methoxy groups -OCH3 is 1. The molecule has 3 aromatic rings. The zero-order chi connectivity index (χ0) is 27.0. The van der Waals surface area contributed by atoms with Gasteiger partial charge in [-0.25, -0.2) is 15.2 Å². The summed E-state index contributed by atoms with van der Waals surface area (Å²) < 4.78 is 22.2. The number of amides is 1. The largest absolute Gasteiger partial charge is 0.494 e. The number of piperidine rings is 1. The summed E-state index contributed by atoms with van der Waals surface area (Å²) in [5, 5.41) is 1.52. The van der Waals surface area contributed by atoms with Crippen LogP contribution in [0.1, 0.15) is 81.8 Å². The second-order valence-corrected chi connectivity index (χ2v) is 10.5. The Labute approximate surface area is 223 Å². The van der Waals surface area contributed by atoms with Gasteiger partial charge >= 0.3 is 0 Å². The molecular formula is C29H37FN6O2. The molecule has 9 heteroatoms. The van der Waals surface area contributed by atoms with Crippen LogP contribution in [0.25, 0.3) is 16.7 Å². The molecule has 1 amide bonds. The van der Waals surface area contributed by atoms with Gasteiger partial charge in [-0.3, -0.25) is 4.79 Å². The van der Waals surface area contributed by atoms with Crippen molar-refractivity contribution in [3.05, 3.63) is 59.3 Å². The molecule has 202 valence electrons. The van der Waals surface area contributed by atoms with Crippen LogP contribution in [0.5, 0.6) is 5.75 Å². The lowest BCUT2D eigenvalue weighted by molar-refractivity contribution is -0.120. The van der Waals surface area contributed by atoms with Crippen LogP contribution < -0.4 is 21.2 Å². The molecule has 0 radical (unpaired) electrons. The van der Waals surface area contributed by atoms with Gasteiger partial charge in [-0.15, -0.1) is 0 Å². The van der Waals surface area contributed by atoms with Crippen molar-refractivity contribution in [3.63, 3.8) is 0 Å². The van der Waals surface area contributed by atoms with Crippen LogP contribution in [0.2, 0.25) is 0 Å². The van der Waals surface area contributed by atoms with Crippen LogP contribution >= 0.6 is 0 Å². The Morgan fingerprint density at radius 2 is 1.87 bits per heavy atom. The second-order valence-electron chi connectivity index (χ2n) is 10.5. The van der Waals surface area contributed by atoms with Gasteiger partial charge in [0.2, 0.25) is 5.91 Å². The highest BCUT2D eigenvalue weighted by Crippen LogP contribution is 2.41. The van der Waals surface area contributed by atoms with Gasteiger partial charge in [0.25, 0.3) is 0 Å². The quantitative estimate of drug-likeness (QED) is 0.333. The Kier molecular flexibility index (Phi) is 7.29. The van der Waals surface area contributed by atoms with Crippen molar-refractivity contribution < 1.29 is 13.9 Å². The van der Waals surface area contributed by atoms with E-state index in [2.05, 4.69) is 10.6 Å². The number of aromatic nitrogens is 2. The average Bonchev–Trinajstić information content (AvgIpc) is 3.27. The number of imidazole rings is 1. The number of nitrogens with zero attached hydrogens (tertiary/aromatic N) is 4. The zero-order valence-corrected chi connectivity index (χ0v) is 22.4. The third kappa shape index (κ3) is 4.71. The van der Waals surface area contributed by atoms with E-state index < -0.39 is 5.82 Å². The van der Waals surface area contributed by atoms with E-state index in [-0.39, 0.29) is 17.7 Å². The molecule has 8 nitrogen and oxygen atoms in total. The van der Waals surface area contributed by atoms with Gasteiger partial charge in [0.15, 0.2) is 11.6 Å². The Hall–Kier alpha value is -3.59. The highest BCUT2D eigenvalue weighted by Gasteiger charge is 2.36. The Bertz CT molecular complexity index is 1370. The van der Waals surface area contributed by atoms with E-state index in [1.165, 1.54) is 24.6 Å². The number of anilines is 1. The van der Waals surface area contributed by atoms with E-state index in [4.69, 9.17) is 21.3 Å². The summed E-state index contributed by atoms with van der Waals surface area (Å²) in [6.07, 6.45) is 7.62. The highest BCUT2D eigenvalue weighted by molar-refractivity contribution is 5.95. The van der Waals surface area contributed by atoms with Crippen molar-refractivity contribution in [3.8, 4) is 5.75 Å². The smallest absolute Gasteiger partial charge is 0.227 e. The fourth-order valence-corrected chi connectivity index (χ4v) is 6.18. The van der Waals surface area contributed by atoms with Crippen LogP contribution in [-0.2, 0) is 4.79 Å². The summed E-state index contributed by atoms with van der Waals surface area (Å²) in [6.45, 7) is 1.83. The van der Waals surface area contributed by atoms with Crippen molar-refractivity contribution in [1.29, 1.82) is 0 Å². The molecule has 2 aliphatic rings. The van der Waals surface area contributed by atoms with E-state index in [0.717, 1.165) is 66.6 Å². The van der Waals surface area contributed by atoms with Gasteiger partial charge in [-0.2, -0.15) is 0 Å². The molecule has 1 aliphatic heterocycles. The fourth-order valence-electron chi connectivity index (χ4n) is 6.18. The maximum Gasteiger partial charge on any atom is 0.227 e. The molecule has 1 saturated carbocycles. The molecular weight excluding hydrogens is 483 g/mol. The number of ether oxygens (including phenoxy) is 1. The van der Waals surface area contributed by atoms with Crippen LogP contribution in [0.3, 0.4) is 0 Å². The standard InChI is InChI=1S/C29H37FN6O2/c1-18(31)28(34(2)32)19-12-14-24-23(16-19)33-29(36(24)20-8-5-4-6-9-20)25-10-7-11-27(37)35(25)21-13-15-26(38-3)22(30)17-21/h12-17,20,25H,4-11,31-32H2,1-3H3/b28-18-/t25-/m0/s1. The Balaban J connectivity index is 1.67. The molecule has 5 rings (SSSR count). The van der Waals surface area contributed by atoms with Gasteiger partial charge in [0, 0.05) is 42.5 Å². The number of rotatable bonds is 6. The van der Waals surface area contributed by atoms with Crippen LogP contribution in [0, 0.1) is 5.82 Å². The molecule has 0 bridgehead atoms. The monoisotopic (exact) mass is 520 g/mol. The number of carbonyl (C=O) groups excluding carboxylic acids is 1. The van der Waals surface area contributed by atoms with Crippen molar-refractivity contribution in [1.82, 2.24) is 14.6 Å². The normalized spacial score (nSPS) is 19.6. The lowest BCUT2D eigenvalue weighted by atomic mass is 9.94. The van der Waals surface area contributed by atoms with Crippen molar-refractivity contribution in [2.45, 2.75) is 70.4 Å². The molecule has 1 aromatic heterocycles. The van der Waals surface area contributed by atoms with E-state index in [1.807, 2.05) is 19.1 Å². The number of fused-ring (bicyclic) bond motifs is 1. The average molecular weight is 521 g/mol. The summed E-state index contributed by atoms with van der Waals surface area (Å²) >= 11 is 0. The van der Waals surface area contributed by atoms with Crippen LogP contribution in [0.15, 0.2) is 42.1 Å². The lowest BCUT2D eigenvalue weighted by Crippen LogP contribution is -2.40. The minimum Gasteiger partial charge on any atom is -0.494 e. The predicted octanol–water partition coefficient (Wildman–Crippen LogP) is 5.40. The highest BCUT2D eigenvalue weighted by atomic mass is 19.1. The van der Waals surface area contributed by atoms with Crippen LogP contribution in [0.4, 0.5) is 10.1 Å². The maximum absolute atomic E-state index is 14.7. The van der Waals surface area contributed by atoms with Gasteiger partial charge in [0.05, 0.1) is 29.9 Å². The van der Waals surface area contributed by atoms with Crippen molar-refractivity contribution in [2.75, 3.05) is 19.1 Å². The molecule has 1 aliphatic carbocycles. The number of hydrogen-bond donors (Lipinski definition) is 2. The topological polar surface area (TPSA) is 103 Å². The molecule has 1 saturated heterocycles. The fraction of sp³-hybridized carbons (Fsp3) is 0.448. The summed E-state index contributed by atoms with van der Waals surface area (Å²) in [7, 11) is 3.20. The summed E-state index contributed by atoms with van der Waals surface area (Å²) in [6, 6.07) is 10.9. The van der Waals surface area contributed by atoms with Crippen LogP contribution in [-0.4, -0.2) is 34.6 Å². The molecule has 0 spiro atoms. The van der Waals surface area contributed by atoms with Crippen molar-refractivity contribution in [2.24, 2.45) is 11.6 Å². The van der Waals surface area contributed by atoms with E-state index in [9.17, 15) is 9.18 Å². The molecule has 0 unspecified atom stereocenters. The number of halogens is 1. The first-order chi connectivity index (χ1) is 18.3. The molecule has 1 atom stereocenters. The third-order valence-electron chi connectivity index (χ3n) is 7.82. The molecule has 38 heavy (non-hydrogen) atoms. The second kappa shape index (κ2) is 10.6. The maximum atomic E-state index is 14.7. The first kappa shape index (κ1) is 26.0. The molecule has 4 N–H and O–H groups in total. The first-order valence-corrected chi connectivity index (χ1v) is 13.4. The molecule has 2 fully saturated rings. The number of nitrogens with two attached hydrogens (primary N) is 2. The number of benzene rings is 2. The number of carbonyl (C=O) groups is 1. The minimum atomic E-state index is -0.491. The summed E-state index contributed by atoms with van der Waals surface area (Å²) in [5.41, 5.74) is 10.8. The Morgan fingerprint density at radius 3 is 2.53 bits per heavy atom. The summed E-state index contributed by atoms with van der Waals surface area (Å²) in [4.78, 5) is 20.2. The minimum absolute atomic E-state index is 0.0255. The summed E-state index contributed by atoms with van der Waals surface area (Å²) in [5.74, 6) is 6.59. The van der Waals surface area contributed by atoms with Gasteiger partial charge in [-0.1, -0.05) is 25.3 Å². The van der Waals surface area contributed by atoms with Crippen molar-refractivity contribution >= 4 is 28.3 Å². The van der Waals surface area contributed by atoms with E-state index in [0.29, 0.717) is 23.8 Å². The number of allylic oxidation sites excluding steroid dienone is 1. The predicted molar refractivity (Wildman–Crippen MR) is 148 cm³/mol. The first-order valence-electron chi connectivity index (χ1n) is 13.4. The lowest BCUT2D eigenvalue weighted by Gasteiger charge is -2.37. The van der Waals surface area contributed by atoms with E-state index >= 15 is 0 Å². The van der Waals surface area contributed by atoms with Gasteiger partial charge in [-0.05, 0) is 56.9 Å². The molecule has 2 heterocycles. The molecule has 2 aromatic carbocycles. The van der Waals surface area contributed by atoms with E-state index in [1.54, 1.807) is 24.1 Å². The SMILES string of the molecule is COc1ccc(N2C(=O)CCC[C@H]2c2nc3cc(/C(=C(\C)N)N(C)N)ccc3n2C2CCCCC2)cc1F.